The number of fused-ring (bicyclic) bond motifs is 2. The van der Waals surface area contributed by atoms with Crippen LogP contribution in [0, 0.1) is 46.6 Å². The summed E-state index contributed by atoms with van der Waals surface area (Å²) in [4.78, 5) is 1.39. The number of halogens is 2. The topological polar surface area (TPSA) is 0 Å². The normalized spacial score (nSPS) is 12.9. The van der Waals surface area contributed by atoms with Crippen molar-refractivity contribution < 1.29 is 23.3 Å². The Morgan fingerprint density at radius 3 is 2.11 bits per heavy atom. The fourth-order valence-electron chi connectivity index (χ4n) is 4.28. The fourth-order valence-corrected chi connectivity index (χ4v) is 5.61. The molecule has 5 rings (SSSR count). The van der Waals surface area contributed by atoms with Crippen LogP contribution in [-0.4, -0.2) is 12.6 Å². The van der Waals surface area contributed by atoms with Crippen LogP contribution < -0.4 is 0 Å². The molecule has 37 heavy (non-hydrogen) atoms. The molecule has 0 unspecified atom stereocenters. The average Bonchev–Trinajstić information content (AvgIpc) is 3.50. The van der Waals surface area contributed by atoms with E-state index in [1.807, 2.05) is 11.8 Å². The second kappa shape index (κ2) is 17.8. The van der Waals surface area contributed by atoms with Gasteiger partial charge in [0.1, 0.15) is 0 Å². The summed E-state index contributed by atoms with van der Waals surface area (Å²) in [6.45, 7) is 16.4. The Morgan fingerprint density at radius 1 is 0.919 bits per heavy atom. The van der Waals surface area contributed by atoms with Crippen molar-refractivity contribution >= 4 is 54.2 Å². The first-order valence-electron chi connectivity index (χ1n) is 11.5. The zero-order valence-corrected chi connectivity index (χ0v) is 29.3. The molecule has 0 aromatic heterocycles. The summed E-state index contributed by atoms with van der Waals surface area (Å²) in [6, 6.07) is 19.6. The first kappa shape index (κ1) is 38.4. The molecule has 0 fully saturated rings. The molecular formula is C32H40Cl2SSiZr-4. The molecule has 0 spiro atoms. The van der Waals surface area contributed by atoms with Crippen LogP contribution in [0.2, 0.25) is 0 Å². The maximum atomic E-state index is 3.52. The van der Waals surface area contributed by atoms with Crippen molar-refractivity contribution in [2.45, 2.75) is 41.5 Å². The van der Waals surface area contributed by atoms with Gasteiger partial charge in [-0.25, -0.2) is 6.08 Å². The van der Waals surface area contributed by atoms with Gasteiger partial charge in [0, 0.05) is 5.75 Å². The molecule has 2 radical (unpaired) electrons. The number of rotatable bonds is 3. The van der Waals surface area contributed by atoms with Crippen molar-refractivity contribution in [3.05, 3.63) is 114 Å². The minimum absolute atomic E-state index is 0. The molecule has 1 aliphatic carbocycles. The molecule has 0 nitrogen and oxygen atoms in total. The van der Waals surface area contributed by atoms with Gasteiger partial charge in [-0.05, 0) is 17.4 Å². The summed E-state index contributed by atoms with van der Waals surface area (Å²) in [6.07, 6.45) is 5.86. The van der Waals surface area contributed by atoms with E-state index >= 15 is 0 Å². The molecule has 1 heterocycles. The monoisotopic (exact) mass is 644 g/mol. The molecule has 0 saturated heterocycles. The SMILES string of the molecule is CC(C)C1=CC2=C(C(C)C)CSC2=[C-]1.Cc1cc2c(-c3ccccc3)ccc(C)c2[cH-]1.Cl.Cl.[CH3-].[CH3-].[Si]=[Zr]. The summed E-state index contributed by atoms with van der Waals surface area (Å²) in [5.41, 5.74) is 9.78. The number of allylic oxidation sites excluding steroid dienone is 4. The van der Waals surface area contributed by atoms with Gasteiger partial charge < -0.3 is 14.9 Å². The number of hydrogen-bond donors (Lipinski definition) is 0. The van der Waals surface area contributed by atoms with Crippen LogP contribution in [-0.2, 0) is 23.3 Å². The second-order valence-electron chi connectivity index (χ2n) is 9.25. The van der Waals surface area contributed by atoms with Crippen molar-refractivity contribution in [1.82, 2.24) is 0 Å². The molecule has 0 atom stereocenters. The number of benzene rings is 2. The summed E-state index contributed by atoms with van der Waals surface area (Å²) in [5, 5.41) is 2.75. The standard InChI is InChI=1S/C17H15.C13H17S.2CH3.2ClH.Si.Zr/c1-12-10-16-13(2)8-9-15(17(16)11-12)14-6-4-3-5-7-14;1-8(2)10-5-11-12(9(3)4)7-14-13(11)6-10;;;;;;/h3-11H,1-2H3;5,8-9H,7H2,1-4H3;2*1H3;2*1H;;/q4*-1;;;;. The molecule has 0 saturated carbocycles. The maximum absolute atomic E-state index is 3.52. The Kier molecular flexibility index (Phi) is 18.5. The average molecular weight is 647 g/mol. The van der Waals surface area contributed by atoms with Gasteiger partial charge in [-0.3, -0.25) is 0 Å². The van der Waals surface area contributed by atoms with Gasteiger partial charge in [0.05, 0.1) is 0 Å². The Bertz CT molecular complexity index is 1220. The van der Waals surface area contributed by atoms with Crippen molar-refractivity contribution in [2.75, 3.05) is 5.75 Å². The van der Waals surface area contributed by atoms with Crippen LogP contribution in [0.25, 0.3) is 21.9 Å². The minimum atomic E-state index is 0. The summed E-state index contributed by atoms with van der Waals surface area (Å²) < 4.78 is 0. The molecule has 3 aromatic carbocycles. The molecule has 5 heteroatoms. The van der Waals surface area contributed by atoms with Crippen LogP contribution in [0.1, 0.15) is 38.8 Å². The molecule has 3 aromatic rings. The van der Waals surface area contributed by atoms with E-state index in [2.05, 4.69) is 115 Å². The zero-order chi connectivity index (χ0) is 24.1. The first-order chi connectivity index (χ1) is 15.8. The molecule has 0 N–H and O–H groups in total. The van der Waals surface area contributed by atoms with Gasteiger partial charge in [0.25, 0.3) is 0 Å². The first-order valence-corrected chi connectivity index (χ1v) is 16.7. The van der Waals surface area contributed by atoms with E-state index in [1.54, 1.807) is 5.57 Å². The van der Waals surface area contributed by atoms with E-state index in [1.165, 1.54) is 78.2 Å². The molecule has 0 bridgehead atoms. The third-order valence-electron chi connectivity index (χ3n) is 6.17. The van der Waals surface area contributed by atoms with E-state index in [-0.39, 0.29) is 39.7 Å². The van der Waals surface area contributed by atoms with E-state index in [0.29, 0.717) is 11.8 Å². The fraction of sp³-hybridized carbons (Fsp3) is 0.281. The van der Waals surface area contributed by atoms with Gasteiger partial charge in [-0.15, -0.1) is 69.3 Å². The Labute approximate surface area is 260 Å². The molecule has 2 aliphatic rings. The second-order valence-corrected chi connectivity index (χ2v) is 10.2. The quantitative estimate of drug-likeness (QED) is 0.202. The molecule has 0 amide bonds. The zero-order valence-electron chi connectivity index (χ0n) is 23.4. The van der Waals surface area contributed by atoms with Gasteiger partial charge >= 0.3 is 30.2 Å². The Morgan fingerprint density at radius 2 is 1.54 bits per heavy atom. The summed E-state index contributed by atoms with van der Waals surface area (Å²) in [5.74, 6) is 2.46. The van der Waals surface area contributed by atoms with Crippen LogP contribution in [0.5, 0.6) is 0 Å². The van der Waals surface area contributed by atoms with Gasteiger partial charge in [0.15, 0.2) is 0 Å². The van der Waals surface area contributed by atoms with Crippen LogP contribution in [0.4, 0.5) is 0 Å². The van der Waals surface area contributed by atoms with Gasteiger partial charge in [-0.1, -0.05) is 83.5 Å². The molecule has 200 valence electrons. The molecular weight excluding hydrogens is 607 g/mol. The van der Waals surface area contributed by atoms with E-state index in [0.717, 1.165) is 0 Å². The van der Waals surface area contributed by atoms with E-state index in [9.17, 15) is 0 Å². The van der Waals surface area contributed by atoms with Crippen LogP contribution in [0.15, 0.2) is 82.3 Å². The number of thioether (sulfide) groups is 1. The number of aryl methyl sites for hydroxylation is 2. The Hall–Kier alpha value is -0.700. The van der Waals surface area contributed by atoms with Gasteiger partial charge in [0.2, 0.25) is 0 Å². The summed E-state index contributed by atoms with van der Waals surface area (Å²) >= 11 is 3.31. The predicted molar refractivity (Wildman–Crippen MR) is 172 cm³/mol. The van der Waals surface area contributed by atoms with Gasteiger partial charge in [-0.2, -0.15) is 35.1 Å². The third-order valence-corrected chi connectivity index (χ3v) is 7.24. The number of hydrogen-bond acceptors (Lipinski definition) is 1. The van der Waals surface area contributed by atoms with Crippen LogP contribution in [0.3, 0.4) is 0 Å². The molecule has 1 aliphatic heterocycles. The van der Waals surface area contributed by atoms with E-state index < -0.39 is 0 Å². The Balaban J connectivity index is 0. The third kappa shape index (κ3) is 9.18. The van der Waals surface area contributed by atoms with Crippen molar-refractivity contribution in [1.29, 1.82) is 0 Å². The summed E-state index contributed by atoms with van der Waals surface area (Å²) in [7, 11) is 0. The van der Waals surface area contributed by atoms with Crippen LogP contribution >= 0.6 is 36.6 Å². The van der Waals surface area contributed by atoms with Crippen molar-refractivity contribution in [3.8, 4) is 11.1 Å². The predicted octanol–water partition coefficient (Wildman–Crippen LogP) is 10.2. The van der Waals surface area contributed by atoms with E-state index in [4.69, 9.17) is 0 Å². The van der Waals surface area contributed by atoms with Crippen molar-refractivity contribution in [3.63, 3.8) is 0 Å². The van der Waals surface area contributed by atoms with Crippen molar-refractivity contribution in [2.24, 2.45) is 11.8 Å².